The Bertz CT molecular complexity index is 544. The number of aliphatic hydroxyl groups excluding tert-OH is 1. The van der Waals surface area contributed by atoms with Gasteiger partial charge in [-0.2, -0.15) is 0 Å². The van der Waals surface area contributed by atoms with Gasteiger partial charge in [0.15, 0.2) is 0 Å². The molecule has 1 saturated heterocycles. The second-order valence-electron chi connectivity index (χ2n) is 5.40. The van der Waals surface area contributed by atoms with E-state index in [1.807, 2.05) is 24.1 Å². The number of thiophene rings is 1. The van der Waals surface area contributed by atoms with Crippen molar-refractivity contribution in [2.45, 2.75) is 25.3 Å². The first-order valence-corrected chi connectivity index (χ1v) is 8.08. The molecule has 1 fully saturated rings. The first-order chi connectivity index (χ1) is 10.1. The number of hydrogen-bond acceptors (Lipinski definition) is 4. The van der Waals surface area contributed by atoms with Crippen LogP contribution in [-0.4, -0.2) is 60.6 Å². The number of likely N-dealkylation sites (tertiary alicyclic amines) is 1. The van der Waals surface area contributed by atoms with Gasteiger partial charge in [-0.15, -0.1) is 11.3 Å². The number of nitrogens with zero attached hydrogens (tertiary/aromatic N) is 2. The first kappa shape index (κ1) is 16.0. The average Bonchev–Trinajstić information content (AvgIpc) is 3.08. The second-order valence-corrected chi connectivity index (χ2v) is 6.49. The van der Waals surface area contributed by atoms with Gasteiger partial charge in [0.2, 0.25) is 0 Å². The standard InChI is InChI=1S/C16H22N2O2S/c1-17-10-5-6-13(17)12-18(2)16(20)15-9-8-14(21-15)7-3-4-11-19/h8-9,13,19H,4-6,10-12H2,1-2H3. The summed E-state index contributed by atoms with van der Waals surface area (Å²) in [4.78, 5) is 18.1. The molecule has 1 atom stereocenters. The van der Waals surface area contributed by atoms with Gasteiger partial charge in [0.1, 0.15) is 0 Å². The molecule has 1 unspecified atom stereocenters. The Kier molecular flexibility index (Phi) is 5.80. The van der Waals surface area contributed by atoms with Crippen LogP contribution in [0.25, 0.3) is 0 Å². The van der Waals surface area contributed by atoms with E-state index in [-0.39, 0.29) is 12.5 Å². The SMILES string of the molecule is CN(CC1CCCN1C)C(=O)c1ccc(C#CCCO)s1. The molecule has 2 rings (SSSR count). The quantitative estimate of drug-likeness (QED) is 0.860. The van der Waals surface area contributed by atoms with Crippen LogP contribution in [0.4, 0.5) is 0 Å². The summed E-state index contributed by atoms with van der Waals surface area (Å²) >= 11 is 1.42. The molecule has 2 heterocycles. The van der Waals surface area contributed by atoms with Gasteiger partial charge in [0.25, 0.3) is 5.91 Å². The number of hydrogen-bond donors (Lipinski definition) is 1. The molecule has 1 aromatic heterocycles. The fraction of sp³-hybridized carbons (Fsp3) is 0.562. The third-order valence-corrected chi connectivity index (χ3v) is 4.76. The van der Waals surface area contributed by atoms with Crippen LogP contribution in [0.1, 0.15) is 33.8 Å². The lowest BCUT2D eigenvalue weighted by atomic mass is 10.2. The largest absolute Gasteiger partial charge is 0.395 e. The molecule has 1 aromatic rings. The smallest absolute Gasteiger partial charge is 0.263 e. The van der Waals surface area contributed by atoms with Gasteiger partial charge in [-0.1, -0.05) is 11.8 Å². The maximum atomic E-state index is 12.4. The van der Waals surface area contributed by atoms with Crippen LogP contribution in [0.15, 0.2) is 12.1 Å². The minimum atomic E-state index is 0.0653. The Labute approximate surface area is 130 Å². The van der Waals surface area contributed by atoms with Crippen LogP contribution < -0.4 is 0 Å². The van der Waals surface area contributed by atoms with Crippen molar-refractivity contribution < 1.29 is 9.90 Å². The van der Waals surface area contributed by atoms with Gasteiger partial charge in [0, 0.05) is 26.1 Å². The minimum absolute atomic E-state index is 0.0653. The second kappa shape index (κ2) is 7.60. The van der Waals surface area contributed by atoms with Crippen molar-refractivity contribution in [2.24, 2.45) is 0 Å². The normalized spacial score (nSPS) is 18.3. The number of carbonyl (C=O) groups excluding carboxylic acids is 1. The van der Waals surface area contributed by atoms with E-state index >= 15 is 0 Å². The summed E-state index contributed by atoms with van der Waals surface area (Å²) in [7, 11) is 3.99. The van der Waals surface area contributed by atoms with Crippen LogP contribution in [0.3, 0.4) is 0 Å². The zero-order valence-corrected chi connectivity index (χ0v) is 13.4. The lowest BCUT2D eigenvalue weighted by Gasteiger charge is -2.25. The zero-order chi connectivity index (χ0) is 15.2. The Morgan fingerprint density at radius 3 is 3.05 bits per heavy atom. The van der Waals surface area contributed by atoms with Crippen molar-refractivity contribution in [3.05, 3.63) is 21.9 Å². The molecule has 114 valence electrons. The molecule has 1 N–H and O–H groups in total. The Hall–Kier alpha value is -1.35. The summed E-state index contributed by atoms with van der Waals surface area (Å²) in [6, 6.07) is 4.19. The van der Waals surface area contributed by atoms with Gasteiger partial charge >= 0.3 is 0 Å². The lowest BCUT2D eigenvalue weighted by Crippen LogP contribution is -2.39. The molecule has 0 saturated carbocycles. The van der Waals surface area contributed by atoms with Crippen LogP contribution in [0.5, 0.6) is 0 Å². The van der Waals surface area contributed by atoms with Crippen LogP contribution >= 0.6 is 11.3 Å². The highest BCUT2D eigenvalue weighted by Crippen LogP contribution is 2.20. The molecular formula is C16H22N2O2S. The van der Waals surface area contributed by atoms with Crippen LogP contribution in [-0.2, 0) is 0 Å². The van der Waals surface area contributed by atoms with Crippen molar-refractivity contribution in [1.82, 2.24) is 9.80 Å². The molecule has 0 aromatic carbocycles. The minimum Gasteiger partial charge on any atom is -0.395 e. The number of carbonyl (C=O) groups is 1. The topological polar surface area (TPSA) is 43.8 Å². The molecule has 1 amide bonds. The summed E-state index contributed by atoms with van der Waals surface area (Å²) in [5, 5.41) is 8.70. The number of amides is 1. The van der Waals surface area contributed by atoms with Gasteiger partial charge in [0.05, 0.1) is 16.4 Å². The molecule has 4 nitrogen and oxygen atoms in total. The monoisotopic (exact) mass is 306 g/mol. The highest BCUT2D eigenvalue weighted by atomic mass is 32.1. The summed E-state index contributed by atoms with van der Waals surface area (Å²) in [5.74, 6) is 5.91. The summed E-state index contributed by atoms with van der Waals surface area (Å²) in [6.45, 7) is 1.97. The van der Waals surface area contributed by atoms with E-state index in [2.05, 4.69) is 23.8 Å². The third-order valence-electron chi connectivity index (χ3n) is 3.77. The Balaban J connectivity index is 1.94. The highest BCUT2D eigenvalue weighted by molar-refractivity contribution is 7.14. The molecule has 0 spiro atoms. The lowest BCUT2D eigenvalue weighted by molar-refractivity contribution is 0.0766. The van der Waals surface area contributed by atoms with E-state index in [9.17, 15) is 4.79 Å². The fourth-order valence-corrected chi connectivity index (χ4v) is 3.40. The van der Waals surface area contributed by atoms with Crippen molar-refractivity contribution in [3.8, 4) is 11.8 Å². The van der Waals surface area contributed by atoms with E-state index < -0.39 is 0 Å². The molecule has 0 radical (unpaired) electrons. The molecule has 21 heavy (non-hydrogen) atoms. The highest BCUT2D eigenvalue weighted by Gasteiger charge is 2.24. The van der Waals surface area contributed by atoms with Crippen LogP contribution in [0.2, 0.25) is 0 Å². The van der Waals surface area contributed by atoms with Crippen molar-refractivity contribution in [2.75, 3.05) is 33.8 Å². The molecular weight excluding hydrogens is 284 g/mol. The van der Waals surface area contributed by atoms with Gasteiger partial charge in [-0.05, 0) is 38.6 Å². The van der Waals surface area contributed by atoms with Crippen LogP contribution in [0, 0.1) is 11.8 Å². The van der Waals surface area contributed by atoms with Gasteiger partial charge in [-0.3, -0.25) is 4.79 Å². The zero-order valence-electron chi connectivity index (χ0n) is 12.6. The fourth-order valence-electron chi connectivity index (χ4n) is 2.52. The summed E-state index contributed by atoms with van der Waals surface area (Å²) in [5.41, 5.74) is 0. The maximum absolute atomic E-state index is 12.4. The molecule has 0 aliphatic carbocycles. The molecule has 0 bridgehead atoms. The molecule has 1 aliphatic rings. The van der Waals surface area contributed by atoms with E-state index in [4.69, 9.17) is 5.11 Å². The van der Waals surface area contributed by atoms with Crippen molar-refractivity contribution in [1.29, 1.82) is 0 Å². The van der Waals surface area contributed by atoms with E-state index in [0.717, 1.165) is 29.3 Å². The Morgan fingerprint density at radius 2 is 2.38 bits per heavy atom. The van der Waals surface area contributed by atoms with Gasteiger partial charge in [-0.25, -0.2) is 0 Å². The molecule has 1 aliphatic heterocycles. The Morgan fingerprint density at radius 1 is 1.57 bits per heavy atom. The van der Waals surface area contributed by atoms with E-state index in [1.54, 1.807) is 0 Å². The number of rotatable bonds is 4. The van der Waals surface area contributed by atoms with Crippen molar-refractivity contribution >= 4 is 17.2 Å². The third kappa shape index (κ3) is 4.31. The first-order valence-electron chi connectivity index (χ1n) is 7.27. The number of aliphatic hydroxyl groups is 1. The van der Waals surface area contributed by atoms with Crippen molar-refractivity contribution in [3.63, 3.8) is 0 Å². The van der Waals surface area contributed by atoms with Gasteiger partial charge < -0.3 is 14.9 Å². The summed E-state index contributed by atoms with van der Waals surface area (Å²) < 4.78 is 0. The molecule has 5 heteroatoms. The summed E-state index contributed by atoms with van der Waals surface area (Å²) in [6.07, 6.45) is 2.85. The predicted molar refractivity (Wildman–Crippen MR) is 85.5 cm³/mol. The number of likely N-dealkylation sites (N-methyl/N-ethyl adjacent to an activating group) is 2. The van der Waals surface area contributed by atoms with E-state index in [0.29, 0.717) is 12.5 Å². The predicted octanol–water partition coefficient (Wildman–Crippen LogP) is 1.65. The average molecular weight is 306 g/mol. The maximum Gasteiger partial charge on any atom is 0.263 e. The van der Waals surface area contributed by atoms with E-state index in [1.165, 1.54) is 17.8 Å².